The lowest BCUT2D eigenvalue weighted by Gasteiger charge is -2.23. The highest BCUT2D eigenvalue weighted by Crippen LogP contribution is 2.38. The van der Waals surface area contributed by atoms with E-state index in [4.69, 9.17) is 21.0 Å². The summed E-state index contributed by atoms with van der Waals surface area (Å²) in [5.74, 6) is -1.55. The standard InChI is InChI=1S/C28H26ClN5O4/c1-16(35)34(13-12-33(2)3)20-8-6-19(7-9-20)30-26(17-4-11-24-23(14-17)32-28(37)38-24)25-21-10-5-18(29)15-22(21)31-27(25)36/h4-11,14-15,25H,12-13H2,1-3H3,(H,31,36)(H,32,37). The van der Waals surface area contributed by atoms with E-state index in [0.717, 1.165) is 17.8 Å². The van der Waals surface area contributed by atoms with Crippen LogP contribution < -0.4 is 16.0 Å². The van der Waals surface area contributed by atoms with Gasteiger partial charge in [-0.3, -0.25) is 19.6 Å². The lowest BCUT2D eigenvalue weighted by Crippen LogP contribution is -2.35. The summed E-state index contributed by atoms with van der Waals surface area (Å²) in [6.07, 6.45) is 0. The predicted octanol–water partition coefficient (Wildman–Crippen LogP) is 4.55. The van der Waals surface area contributed by atoms with E-state index in [-0.39, 0.29) is 11.8 Å². The fourth-order valence-corrected chi connectivity index (χ4v) is 4.70. The summed E-state index contributed by atoms with van der Waals surface area (Å²) >= 11 is 6.16. The molecule has 1 aliphatic rings. The largest absolute Gasteiger partial charge is 0.417 e. The molecular weight excluding hydrogens is 506 g/mol. The number of carbonyl (C=O) groups excluding carboxylic acids is 2. The van der Waals surface area contributed by atoms with Crippen LogP contribution in [-0.4, -0.2) is 54.6 Å². The van der Waals surface area contributed by atoms with Crippen LogP contribution in [0.1, 0.15) is 24.0 Å². The molecule has 1 unspecified atom stereocenters. The minimum atomic E-state index is -0.702. The van der Waals surface area contributed by atoms with Crippen LogP contribution in [0.15, 0.2) is 74.9 Å². The van der Waals surface area contributed by atoms with Crippen LogP contribution in [0.4, 0.5) is 17.1 Å². The number of halogens is 1. The number of aliphatic imine (C=N–C) groups is 1. The molecule has 4 aromatic rings. The van der Waals surface area contributed by atoms with Crippen molar-refractivity contribution in [2.24, 2.45) is 4.99 Å². The number of rotatable bonds is 7. The van der Waals surface area contributed by atoms with Crippen LogP contribution in [-0.2, 0) is 9.59 Å². The van der Waals surface area contributed by atoms with Crippen LogP contribution in [0.5, 0.6) is 0 Å². The fraction of sp³-hybridized carbons (Fsp3) is 0.214. The van der Waals surface area contributed by atoms with E-state index in [2.05, 4.69) is 10.3 Å². The van der Waals surface area contributed by atoms with Crippen LogP contribution in [0.3, 0.4) is 0 Å². The molecule has 2 amide bonds. The molecule has 1 atom stereocenters. The number of benzene rings is 3. The molecule has 1 aromatic heterocycles. The summed E-state index contributed by atoms with van der Waals surface area (Å²) in [5.41, 5.74) is 4.81. The molecule has 2 heterocycles. The molecule has 194 valence electrons. The maximum atomic E-state index is 13.2. The first kappa shape index (κ1) is 25.4. The Labute approximate surface area is 223 Å². The van der Waals surface area contributed by atoms with Gasteiger partial charge in [0.1, 0.15) is 5.92 Å². The second kappa shape index (κ2) is 10.3. The lowest BCUT2D eigenvalue weighted by molar-refractivity contribution is -0.117. The molecular formula is C28H26ClN5O4. The third kappa shape index (κ3) is 5.11. The average molecular weight is 532 g/mol. The summed E-state index contributed by atoms with van der Waals surface area (Å²) < 4.78 is 5.15. The zero-order valence-corrected chi connectivity index (χ0v) is 21.9. The predicted molar refractivity (Wildman–Crippen MR) is 149 cm³/mol. The van der Waals surface area contributed by atoms with Gasteiger partial charge >= 0.3 is 5.76 Å². The number of anilines is 2. The van der Waals surface area contributed by atoms with E-state index in [9.17, 15) is 14.4 Å². The van der Waals surface area contributed by atoms with Gasteiger partial charge in [0.2, 0.25) is 11.8 Å². The van der Waals surface area contributed by atoms with Gasteiger partial charge in [0.25, 0.3) is 0 Å². The molecule has 1 aliphatic heterocycles. The molecule has 0 radical (unpaired) electrons. The highest BCUT2D eigenvalue weighted by molar-refractivity contribution is 6.31. The van der Waals surface area contributed by atoms with Crippen LogP contribution in [0.2, 0.25) is 5.02 Å². The molecule has 0 saturated carbocycles. The second-order valence-corrected chi connectivity index (χ2v) is 9.80. The number of nitrogens with zero attached hydrogens (tertiary/aromatic N) is 3. The zero-order valence-electron chi connectivity index (χ0n) is 21.1. The van der Waals surface area contributed by atoms with Gasteiger partial charge in [-0.25, -0.2) is 4.79 Å². The number of oxazole rings is 1. The van der Waals surface area contributed by atoms with Crippen molar-refractivity contribution in [1.82, 2.24) is 9.88 Å². The van der Waals surface area contributed by atoms with Gasteiger partial charge in [0, 0.05) is 36.4 Å². The maximum absolute atomic E-state index is 13.2. The Balaban J connectivity index is 1.58. The van der Waals surface area contributed by atoms with Gasteiger partial charge in [0.05, 0.1) is 16.9 Å². The van der Waals surface area contributed by atoms with E-state index < -0.39 is 11.7 Å². The summed E-state index contributed by atoms with van der Waals surface area (Å²) in [5, 5.41) is 3.41. The van der Waals surface area contributed by atoms with Crippen molar-refractivity contribution in [3.63, 3.8) is 0 Å². The quantitative estimate of drug-likeness (QED) is 0.340. The van der Waals surface area contributed by atoms with E-state index >= 15 is 0 Å². The molecule has 0 spiro atoms. The molecule has 0 aliphatic carbocycles. The molecule has 38 heavy (non-hydrogen) atoms. The van der Waals surface area contributed by atoms with Crippen molar-refractivity contribution in [3.8, 4) is 0 Å². The first-order valence-corrected chi connectivity index (χ1v) is 12.4. The van der Waals surface area contributed by atoms with Crippen molar-refractivity contribution in [2.75, 3.05) is 37.4 Å². The number of aromatic amines is 1. The Bertz CT molecular complexity index is 1620. The van der Waals surface area contributed by atoms with Gasteiger partial charge in [-0.15, -0.1) is 0 Å². The number of hydrogen-bond donors (Lipinski definition) is 2. The second-order valence-electron chi connectivity index (χ2n) is 9.37. The number of nitrogens with one attached hydrogen (secondary N) is 2. The Morgan fingerprint density at radius 2 is 1.79 bits per heavy atom. The number of carbonyl (C=O) groups is 2. The molecule has 0 bridgehead atoms. The molecule has 2 N–H and O–H groups in total. The molecule has 0 saturated heterocycles. The number of H-pyrrole nitrogens is 1. The van der Waals surface area contributed by atoms with Gasteiger partial charge in [-0.05, 0) is 79.8 Å². The summed E-state index contributed by atoms with van der Waals surface area (Å²) in [4.78, 5) is 48.5. The van der Waals surface area contributed by atoms with Gasteiger partial charge in [0.15, 0.2) is 5.58 Å². The number of hydrogen-bond acceptors (Lipinski definition) is 6. The highest BCUT2D eigenvalue weighted by atomic mass is 35.5. The van der Waals surface area contributed by atoms with Gasteiger partial charge in [-0.1, -0.05) is 17.7 Å². The van der Waals surface area contributed by atoms with Gasteiger partial charge < -0.3 is 19.5 Å². The van der Waals surface area contributed by atoms with Gasteiger partial charge in [-0.2, -0.15) is 0 Å². The molecule has 0 fully saturated rings. The lowest BCUT2D eigenvalue weighted by atomic mass is 9.90. The Kier molecular flexibility index (Phi) is 6.88. The van der Waals surface area contributed by atoms with Crippen molar-refractivity contribution < 1.29 is 14.0 Å². The van der Waals surface area contributed by atoms with E-state index in [1.165, 1.54) is 0 Å². The zero-order chi connectivity index (χ0) is 27.0. The van der Waals surface area contributed by atoms with E-state index in [1.54, 1.807) is 42.2 Å². The molecule has 9 nitrogen and oxygen atoms in total. The van der Waals surface area contributed by atoms with Crippen molar-refractivity contribution in [3.05, 3.63) is 87.4 Å². The normalized spacial score (nSPS) is 15.1. The molecule has 3 aromatic carbocycles. The fourth-order valence-electron chi connectivity index (χ4n) is 4.53. The smallest absolute Gasteiger partial charge is 0.408 e. The minimum Gasteiger partial charge on any atom is -0.408 e. The van der Waals surface area contributed by atoms with Crippen LogP contribution in [0.25, 0.3) is 11.1 Å². The Morgan fingerprint density at radius 3 is 2.50 bits per heavy atom. The van der Waals surface area contributed by atoms with Crippen molar-refractivity contribution >= 4 is 57.3 Å². The first-order valence-electron chi connectivity index (χ1n) is 12.0. The van der Waals surface area contributed by atoms with E-state index in [1.807, 2.05) is 49.3 Å². The number of fused-ring (bicyclic) bond motifs is 2. The highest BCUT2D eigenvalue weighted by Gasteiger charge is 2.35. The van der Waals surface area contributed by atoms with Crippen LogP contribution >= 0.6 is 11.6 Å². The average Bonchev–Trinajstić information content (AvgIpc) is 3.40. The van der Waals surface area contributed by atoms with Crippen molar-refractivity contribution in [1.29, 1.82) is 0 Å². The first-order chi connectivity index (χ1) is 18.2. The van der Waals surface area contributed by atoms with Crippen molar-refractivity contribution in [2.45, 2.75) is 12.8 Å². The van der Waals surface area contributed by atoms with Crippen LogP contribution in [0, 0.1) is 0 Å². The topological polar surface area (TPSA) is 111 Å². The third-order valence-corrected chi connectivity index (χ3v) is 6.63. The van der Waals surface area contributed by atoms with E-state index in [0.29, 0.717) is 45.3 Å². The monoisotopic (exact) mass is 531 g/mol. The molecule has 5 rings (SSSR count). The maximum Gasteiger partial charge on any atom is 0.417 e. The Morgan fingerprint density at radius 1 is 1.03 bits per heavy atom. The minimum absolute atomic E-state index is 0.0518. The number of amides is 2. The summed E-state index contributed by atoms with van der Waals surface area (Å²) in [6.45, 7) is 2.82. The summed E-state index contributed by atoms with van der Waals surface area (Å²) in [7, 11) is 3.92. The number of likely N-dealkylation sites (N-methyl/N-ethyl adjacent to an activating group) is 1. The summed E-state index contributed by atoms with van der Waals surface area (Å²) in [6, 6.07) is 17.8. The SMILES string of the molecule is CC(=O)N(CCN(C)C)c1ccc(N=C(c2ccc3oc(=O)[nH]c3c2)C2C(=O)Nc3cc(Cl)ccc32)cc1. The number of aromatic nitrogens is 1. The third-order valence-electron chi connectivity index (χ3n) is 6.40. The molecule has 10 heteroatoms. The Hall–Kier alpha value is -4.21.